The number of hydrogen-bond donors (Lipinski definition) is 0. The minimum absolute atomic E-state index is 0.105. The molecule has 28 heavy (non-hydrogen) atoms. The van der Waals surface area contributed by atoms with Crippen molar-refractivity contribution >= 4 is 43.6 Å². The van der Waals surface area contributed by atoms with Crippen LogP contribution in [0.15, 0.2) is 68.9 Å². The predicted molar refractivity (Wildman–Crippen MR) is 116 cm³/mol. The Labute approximate surface area is 179 Å². The summed E-state index contributed by atoms with van der Waals surface area (Å²) in [6.45, 7) is 1.55. The van der Waals surface area contributed by atoms with E-state index < -0.39 is 10.0 Å². The molecule has 8 heteroatoms. The van der Waals surface area contributed by atoms with Crippen LogP contribution in [0.2, 0.25) is 0 Å². The van der Waals surface area contributed by atoms with E-state index in [4.69, 9.17) is 0 Å². The fraction of sp³-hybridized carbons (Fsp3) is 0.350. The maximum atomic E-state index is 12.8. The van der Waals surface area contributed by atoms with Gasteiger partial charge < -0.3 is 4.90 Å². The number of nitrogens with zero attached hydrogens (tertiary/aromatic N) is 2. The van der Waals surface area contributed by atoms with Gasteiger partial charge in [0, 0.05) is 42.0 Å². The molecule has 150 valence electrons. The summed E-state index contributed by atoms with van der Waals surface area (Å²) in [5.41, 5.74) is 0. The van der Waals surface area contributed by atoms with Crippen molar-refractivity contribution < 1.29 is 13.2 Å². The number of carbonyl (C=O) groups is 1. The third-order valence-electron chi connectivity index (χ3n) is 4.57. The van der Waals surface area contributed by atoms with Gasteiger partial charge in [-0.25, -0.2) is 8.42 Å². The Bertz CT molecular complexity index is 899. The van der Waals surface area contributed by atoms with Gasteiger partial charge in [-0.3, -0.25) is 4.79 Å². The van der Waals surface area contributed by atoms with E-state index in [9.17, 15) is 13.2 Å². The topological polar surface area (TPSA) is 57.7 Å². The first kappa shape index (κ1) is 21.4. The molecule has 1 heterocycles. The van der Waals surface area contributed by atoms with Crippen LogP contribution in [0, 0.1) is 0 Å². The molecule has 0 bridgehead atoms. The highest BCUT2D eigenvalue weighted by atomic mass is 79.9. The minimum atomic E-state index is -3.52. The number of sulfonamides is 1. The highest BCUT2D eigenvalue weighted by Gasteiger charge is 2.29. The summed E-state index contributed by atoms with van der Waals surface area (Å²) in [5.74, 6) is 1.00. The molecule has 2 aromatic rings. The molecular formula is C20H23BrN2O3S2. The first-order chi connectivity index (χ1) is 13.5. The molecule has 0 radical (unpaired) electrons. The molecule has 1 fully saturated rings. The van der Waals surface area contributed by atoms with Crippen LogP contribution in [0.3, 0.4) is 0 Å². The lowest BCUT2D eigenvalue weighted by Gasteiger charge is -2.34. The Balaban J connectivity index is 1.45. The molecule has 1 aliphatic rings. The summed E-state index contributed by atoms with van der Waals surface area (Å²) >= 11 is 5.06. The number of thioether (sulfide) groups is 1. The maximum Gasteiger partial charge on any atom is 0.243 e. The van der Waals surface area contributed by atoms with Gasteiger partial charge in [-0.05, 0) is 42.5 Å². The molecule has 0 N–H and O–H groups in total. The summed E-state index contributed by atoms with van der Waals surface area (Å²) < 4.78 is 27.7. The number of hydrogen-bond acceptors (Lipinski definition) is 4. The molecule has 1 aliphatic heterocycles. The number of rotatable bonds is 7. The third kappa shape index (κ3) is 5.59. The van der Waals surface area contributed by atoms with Gasteiger partial charge in [0.2, 0.25) is 15.9 Å². The van der Waals surface area contributed by atoms with Crippen LogP contribution in [-0.2, 0) is 14.8 Å². The van der Waals surface area contributed by atoms with Gasteiger partial charge in [-0.15, -0.1) is 11.8 Å². The SMILES string of the molecule is O=C(CCCSc1ccccc1)N1CCN(S(=O)(=O)c2cccc(Br)c2)CC1. The van der Waals surface area contributed by atoms with Gasteiger partial charge in [0.15, 0.2) is 0 Å². The van der Waals surface area contributed by atoms with Gasteiger partial charge in [0.1, 0.15) is 0 Å². The largest absolute Gasteiger partial charge is 0.340 e. The Morgan fingerprint density at radius 2 is 1.71 bits per heavy atom. The van der Waals surface area contributed by atoms with E-state index in [0.29, 0.717) is 32.6 Å². The van der Waals surface area contributed by atoms with Crippen molar-refractivity contribution in [2.45, 2.75) is 22.6 Å². The van der Waals surface area contributed by atoms with Gasteiger partial charge in [0.25, 0.3) is 0 Å². The molecule has 2 aromatic carbocycles. The standard InChI is InChI=1S/C20H23BrN2O3S2/c21-17-6-4-9-19(16-17)28(25,26)23-13-11-22(12-14-23)20(24)10-5-15-27-18-7-2-1-3-8-18/h1-4,6-9,16H,5,10-15H2. The first-order valence-electron chi connectivity index (χ1n) is 9.18. The normalized spacial score (nSPS) is 15.5. The predicted octanol–water partition coefficient (Wildman–Crippen LogP) is 3.85. The van der Waals surface area contributed by atoms with E-state index in [1.807, 2.05) is 18.2 Å². The van der Waals surface area contributed by atoms with Crippen molar-refractivity contribution in [1.82, 2.24) is 9.21 Å². The minimum Gasteiger partial charge on any atom is -0.340 e. The van der Waals surface area contributed by atoms with E-state index in [2.05, 4.69) is 28.1 Å². The van der Waals surface area contributed by atoms with Crippen LogP contribution < -0.4 is 0 Å². The van der Waals surface area contributed by atoms with E-state index in [0.717, 1.165) is 16.6 Å². The van der Waals surface area contributed by atoms with Gasteiger partial charge in [-0.2, -0.15) is 4.31 Å². The molecule has 0 aromatic heterocycles. The van der Waals surface area contributed by atoms with Gasteiger partial charge in [-0.1, -0.05) is 40.2 Å². The highest BCUT2D eigenvalue weighted by Crippen LogP contribution is 2.22. The number of benzene rings is 2. The molecule has 0 unspecified atom stereocenters. The van der Waals surface area contributed by atoms with Crippen molar-refractivity contribution in [1.29, 1.82) is 0 Å². The van der Waals surface area contributed by atoms with Crippen LogP contribution in [0.5, 0.6) is 0 Å². The van der Waals surface area contributed by atoms with Gasteiger partial charge in [0.05, 0.1) is 4.90 Å². The third-order valence-corrected chi connectivity index (χ3v) is 8.06. The zero-order valence-corrected chi connectivity index (χ0v) is 18.7. The molecule has 3 rings (SSSR count). The molecule has 5 nitrogen and oxygen atoms in total. The van der Waals surface area contributed by atoms with Crippen molar-refractivity contribution in [2.75, 3.05) is 31.9 Å². The monoisotopic (exact) mass is 482 g/mol. The molecule has 0 spiro atoms. The average Bonchev–Trinajstić information content (AvgIpc) is 2.72. The Morgan fingerprint density at radius 3 is 2.39 bits per heavy atom. The molecule has 0 atom stereocenters. The zero-order valence-electron chi connectivity index (χ0n) is 15.5. The van der Waals surface area contributed by atoms with Crippen molar-refractivity contribution in [3.63, 3.8) is 0 Å². The first-order valence-corrected chi connectivity index (χ1v) is 12.4. The number of halogens is 1. The van der Waals surface area contributed by atoms with Crippen molar-refractivity contribution in [2.24, 2.45) is 0 Å². The van der Waals surface area contributed by atoms with Crippen molar-refractivity contribution in [3.8, 4) is 0 Å². The lowest BCUT2D eigenvalue weighted by molar-refractivity contribution is -0.132. The van der Waals surface area contributed by atoms with E-state index in [1.54, 1.807) is 40.9 Å². The molecular weight excluding hydrogens is 460 g/mol. The Hall–Kier alpha value is -1.35. The fourth-order valence-electron chi connectivity index (χ4n) is 3.04. The second-order valence-corrected chi connectivity index (χ2v) is 10.5. The Morgan fingerprint density at radius 1 is 1.00 bits per heavy atom. The maximum absolute atomic E-state index is 12.8. The lowest BCUT2D eigenvalue weighted by Crippen LogP contribution is -2.50. The second kappa shape index (κ2) is 9.91. The average molecular weight is 483 g/mol. The van der Waals surface area contributed by atoms with Crippen LogP contribution in [0.1, 0.15) is 12.8 Å². The molecule has 0 aliphatic carbocycles. The number of carbonyl (C=O) groups excluding carboxylic acids is 1. The van der Waals surface area contributed by atoms with Gasteiger partial charge >= 0.3 is 0 Å². The molecule has 0 saturated carbocycles. The van der Waals surface area contributed by atoms with E-state index in [-0.39, 0.29) is 10.8 Å². The second-order valence-electron chi connectivity index (χ2n) is 6.51. The van der Waals surface area contributed by atoms with Crippen LogP contribution >= 0.6 is 27.7 Å². The van der Waals surface area contributed by atoms with Crippen molar-refractivity contribution in [3.05, 3.63) is 59.1 Å². The summed E-state index contributed by atoms with van der Waals surface area (Å²) in [6.07, 6.45) is 1.31. The van der Waals surface area contributed by atoms with E-state index in [1.165, 1.54) is 9.20 Å². The van der Waals surface area contributed by atoms with E-state index >= 15 is 0 Å². The summed E-state index contributed by atoms with van der Waals surface area (Å²) in [4.78, 5) is 15.7. The van der Waals surface area contributed by atoms with Crippen LogP contribution in [0.4, 0.5) is 0 Å². The Kier molecular flexibility index (Phi) is 7.56. The summed E-state index contributed by atoms with van der Waals surface area (Å²) in [7, 11) is -3.52. The van der Waals surface area contributed by atoms with Crippen LogP contribution in [-0.4, -0.2) is 55.5 Å². The lowest BCUT2D eigenvalue weighted by atomic mass is 10.2. The zero-order chi connectivity index (χ0) is 20.0. The smallest absolute Gasteiger partial charge is 0.243 e. The fourth-order valence-corrected chi connectivity index (χ4v) is 5.94. The summed E-state index contributed by atoms with van der Waals surface area (Å²) in [6, 6.07) is 16.9. The molecule has 1 saturated heterocycles. The molecule has 1 amide bonds. The summed E-state index contributed by atoms with van der Waals surface area (Å²) in [5, 5.41) is 0. The highest BCUT2D eigenvalue weighted by molar-refractivity contribution is 9.10. The number of piperazine rings is 1. The van der Waals surface area contributed by atoms with Crippen LogP contribution in [0.25, 0.3) is 0 Å². The quantitative estimate of drug-likeness (QED) is 0.444. The number of amides is 1.